The summed E-state index contributed by atoms with van der Waals surface area (Å²) in [6.45, 7) is 5.06. The fourth-order valence-electron chi connectivity index (χ4n) is 2.65. The molecule has 2 heterocycles. The van der Waals surface area contributed by atoms with E-state index in [1.54, 1.807) is 13.2 Å². The summed E-state index contributed by atoms with van der Waals surface area (Å²) >= 11 is 3.24. The first-order chi connectivity index (χ1) is 9.56. The number of nitrogens with one attached hydrogen (secondary N) is 2. The van der Waals surface area contributed by atoms with Gasteiger partial charge in [-0.3, -0.25) is 4.79 Å². The minimum atomic E-state index is -0.165. The molecule has 120 valence electrons. The van der Waals surface area contributed by atoms with Crippen LogP contribution in [-0.4, -0.2) is 39.3 Å². The maximum atomic E-state index is 12.2. The Balaban J connectivity index is 0.00000220. The minimum Gasteiger partial charge on any atom is -0.444 e. The van der Waals surface area contributed by atoms with Crippen molar-refractivity contribution in [2.45, 2.75) is 19.8 Å². The fraction of sp³-hybridized carbons (Fsp3) is 0.643. The summed E-state index contributed by atoms with van der Waals surface area (Å²) in [5.74, 6) is 0.209. The Morgan fingerprint density at radius 3 is 2.71 bits per heavy atom. The highest BCUT2D eigenvalue weighted by atomic mass is 79.9. The van der Waals surface area contributed by atoms with Crippen LogP contribution in [0, 0.1) is 12.3 Å². The molecule has 0 saturated carbocycles. The number of hydrogen-bond donors (Lipinski definition) is 2. The SMILES string of the molecule is COCC1(CNC(=O)c2oc(Br)cc2C)CCNCC1.Cl. The molecule has 5 nitrogen and oxygen atoms in total. The van der Waals surface area contributed by atoms with E-state index in [2.05, 4.69) is 26.6 Å². The van der Waals surface area contributed by atoms with E-state index < -0.39 is 0 Å². The van der Waals surface area contributed by atoms with E-state index in [4.69, 9.17) is 9.15 Å². The largest absolute Gasteiger partial charge is 0.444 e. The maximum Gasteiger partial charge on any atom is 0.287 e. The molecule has 0 unspecified atom stereocenters. The quantitative estimate of drug-likeness (QED) is 0.822. The lowest BCUT2D eigenvalue weighted by Gasteiger charge is -2.37. The van der Waals surface area contributed by atoms with Crippen molar-refractivity contribution >= 4 is 34.2 Å². The summed E-state index contributed by atoms with van der Waals surface area (Å²) < 4.78 is 11.3. The third-order valence-electron chi connectivity index (χ3n) is 3.83. The molecule has 2 N–H and O–H groups in total. The van der Waals surface area contributed by atoms with Crippen molar-refractivity contribution in [2.75, 3.05) is 33.4 Å². The molecule has 1 aromatic heterocycles. The van der Waals surface area contributed by atoms with Gasteiger partial charge in [0, 0.05) is 24.6 Å². The summed E-state index contributed by atoms with van der Waals surface area (Å²) in [7, 11) is 1.71. The lowest BCUT2D eigenvalue weighted by molar-refractivity contribution is 0.0506. The van der Waals surface area contributed by atoms with E-state index in [9.17, 15) is 4.79 Å². The normalized spacial score (nSPS) is 17.1. The molecule has 1 saturated heterocycles. The molecule has 0 aliphatic carbocycles. The van der Waals surface area contributed by atoms with Crippen LogP contribution in [0.2, 0.25) is 0 Å². The maximum absolute atomic E-state index is 12.2. The highest BCUT2D eigenvalue weighted by Crippen LogP contribution is 2.28. The fourth-order valence-corrected chi connectivity index (χ4v) is 3.16. The molecule has 21 heavy (non-hydrogen) atoms. The average Bonchev–Trinajstić information content (AvgIpc) is 2.77. The number of carbonyl (C=O) groups excluding carboxylic acids is 1. The second kappa shape index (κ2) is 8.17. The Morgan fingerprint density at radius 2 is 2.19 bits per heavy atom. The van der Waals surface area contributed by atoms with Crippen LogP contribution < -0.4 is 10.6 Å². The van der Waals surface area contributed by atoms with Gasteiger partial charge < -0.3 is 19.8 Å². The second-order valence-corrected chi connectivity index (χ2v) is 6.21. The average molecular weight is 382 g/mol. The number of halogens is 2. The molecule has 1 aliphatic rings. The predicted octanol–water partition coefficient (Wildman–Crippen LogP) is 2.52. The lowest BCUT2D eigenvalue weighted by atomic mass is 9.79. The number of aryl methyl sites for hydroxylation is 1. The van der Waals surface area contributed by atoms with Gasteiger partial charge in [-0.15, -0.1) is 12.4 Å². The van der Waals surface area contributed by atoms with Crippen molar-refractivity contribution in [3.05, 3.63) is 22.1 Å². The van der Waals surface area contributed by atoms with Gasteiger partial charge in [0.1, 0.15) is 0 Å². The number of carbonyl (C=O) groups is 1. The number of ether oxygens (including phenoxy) is 1. The van der Waals surface area contributed by atoms with E-state index >= 15 is 0 Å². The molecule has 0 atom stereocenters. The molecule has 0 bridgehead atoms. The number of amides is 1. The van der Waals surface area contributed by atoms with Crippen molar-refractivity contribution < 1.29 is 13.9 Å². The number of methoxy groups -OCH3 is 1. The Hall–Kier alpha value is -0.560. The molecule has 1 aliphatic heterocycles. The summed E-state index contributed by atoms with van der Waals surface area (Å²) in [5, 5.41) is 6.32. The zero-order chi connectivity index (χ0) is 14.6. The van der Waals surface area contributed by atoms with Gasteiger partial charge in [0.15, 0.2) is 10.4 Å². The van der Waals surface area contributed by atoms with Gasteiger partial charge in [0.25, 0.3) is 5.91 Å². The van der Waals surface area contributed by atoms with Gasteiger partial charge in [-0.05, 0) is 54.9 Å². The van der Waals surface area contributed by atoms with Crippen molar-refractivity contribution in [1.29, 1.82) is 0 Å². The van der Waals surface area contributed by atoms with Crippen LogP contribution in [0.15, 0.2) is 15.2 Å². The van der Waals surface area contributed by atoms with Crippen molar-refractivity contribution in [2.24, 2.45) is 5.41 Å². The lowest BCUT2D eigenvalue weighted by Crippen LogP contribution is -2.47. The van der Waals surface area contributed by atoms with Gasteiger partial charge in [0.2, 0.25) is 0 Å². The van der Waals surface area contributed by atoms with Crippen LogP contribution in [0.3, 0.4) is 0 Å². The first kappa shape index (κ1) is 18.5. The highest BCUT2D eigenvalue weighted by Gasteiger charge is 2.33. The molecule has 7 heteroatoms. The number of hydrogen-bond acceptors (Lipinski definition) is 4. The third kappa shape index (κ3) is 4.71. The Bertz CT molecular complexity index is 467. The Labute approximate surface area is 139 Å². The second-order valence-electron chi connectivity index (χ2n) is 5.43. The summed E-state index contributed by atoms with van der Waals surface area (Å²) in [6, 6.07) is 1.80. The van der Waals surface area contributed by atoms with Gasteiger partial charge in [-0.1, -0.05) is 0 Å². The van der Waals surface area contributed by atoms with E-state index in [1.807, 2.05) is 6.92 Å². The van der Waals surface area contributed by atoms with Crippen LogP contribution in [0.4, 0.5) is 0 Å². The zero-order valence-electron chi connectivity index (χ0n) is 12.3. The molecular weight excluding hydrogens is 360 g/mol. The van der Waals surface area contributed by atoms with Crippen LogP contribution in [-0.2, 0) is 4.74 Å². The molecule has 2 rings (SSSR count). The number of piperidine rings is 1. The minimum absolute atomic E-state index is 0. The van der Waals surface area contributed by atoms with Crippen molar-refractivity contribution in [3.8, 4) is 0 Å². The molecule has 1 aromatic rings. The number of furan rings is 1. The first-order valence-electron chi connectivity index (χ1n) is 6.80. The molecule has 0 radical (unpaired) electrons. The molecular formula is C14H22BrClN2O3. The van der Waals surface area contributed by atoms with Crippen molar-refractivity contribution in [3.63, 3.8) is 0 Å². The van der Waals surface area contributed by atoms with Crippen LogP contribution in [0.25, 0.3) is 0 Å². The van der Waals surface area contributed by atoms with Gasteiger partial charge in [-0.2, -0.15) is 0 Å². The van der Waals surface area contributed by atoms with Gasteiger partial charge >= 0.3 is 0 Å². The number of rotatable bonds is 5. The van der Waals surface area contributed by atoms with Gasteiger partial charge in [-0.25, -0.2) is 0 Å². The van der Waals surface area contributed by atoms with E-state index in [-0.39, 0.29) is 23.7 Å². The third-order valence-corrected chi connectivity index (χ3v) is 4.22. The summed E-state index contributed by atoms with van der Waals surface area (Å²) in [4.78, 5) is 12.2. The smallest absolute Gasteiger partial charge is 0.287 e. The summed E-state index contributed by atoms with van der Waals surface area (Å²) in [6.07, 6.45) is 2.00. The van der Waals surface area contributed by atoms with Crippen molar-refractivity contribution in [1.82, 2.24) is 10.6 Å². The molecule has 0 spiro atoms. The molecule has 0 aromatic carbocycles. The predicted molar refractivity (Wildman–Crippen MR) is 87.1 cm³/mol. The molecule has 1 fully saturated rings. The highest BCUT2D eigenvalue weighted by molar-refractivity contribution is 9.10. The monoisotopic (exact) mass is 380 g/mol. The summed E-state index contributed by atoms with van der Waals surface area (Å²) in [5.41, 5.74) is 0.855. The first-order valence-corrected chi connectivity index (χ1v) is 7.59. The van der Waals surface area contributed by atoms with Crippen LogP contribution in [0.1, 0.15) is 29.0 Å². The van der Waals surface area contributed by atoms with Gasteiger partial charge in [0.05, 0.1) is 6.61 Å². The van der Waals surface area contributed by atoms with E-state index in [1.165, 1.54) is 0 Å². The topological polar surface area (TPSA) is 63.5 Å². The Morgan fingerprint density at radius 1 is 1.52 bits per heavy atom. The van der Waals surface area contributed by atoms with E-state index in [0.29, 0.717) is 23.6 Å². The zero-order valence-corrected chi connectivity index (χ0v) is 14.7. The van der Waals surface area contributed by atoms with Crippen LogP contribution in [0.5, 0.6) is 0 Å². The van der Waals surface area contributed by atoms with E-state index in [0.717, 1.165) is 31.5 Å². The standard InChI is InChI=1S/C14H21BrN2O3.ClH/c1-10-7-11(15)20-12(10)13(18)17-8-14(9-19-2)3-5-16-6-4-14;/h7,16H,3-6,8-9H2,1-2H3,(H,17,18);1H. The van der Waals surface area contributed by atoms with Crippen LogP contribution >= 0.6 is 28.3 Å². The molecule has 1 amide bonds. The Kier molecular flexibility index (Phi) is 7.20.